The molecule has 1 amide bonds. The Labute approximate surface area is 251 Å². The summed E-state index contributed by atoms with van der Waals surface area (Å²) in [6.07, 6.45) is 10.8. The molecule has 5 heterocycles. The monoisotopic (exact) mass is 567 g/mol. The first-order valence-corrected chi connectivity index (χ1v) is 15.0. The van der Waals surface area contributed by atoms with Crippen LogP contribution in [0.5, 0.6) is 0 Å². The number of fused-ring (bicyclic) bond motifs is 5. The van der Waals surface area contributed by atoms with Gasteiger partial charge in [0.05, 0.1) is 34.2 Å². The van der Waals surface area contributed by atoms with Gasteiger partial charge in [-0.15, -0.1) is 0 Å². The Morgan fingerprint density at radius 3 is 2.17 bits per heavy atom. The van der Waals surface area contributed by atoms with Crippen LogP contribution in [0, 0.1) is 5.92 Å². The first-order chi connectivity index (χ1) is 19.9. The van der Waals surface area contributed by atoms with E-state index in [-0.39, 0.29) is 0 Å². The molecule has 6 aliphatic rings. The second kappa shape index (κ2) is 12.5. The third-order valence-corrected chi connectivity index (χ3v) is 8.21. The largest absolute Gasteiger partial charge is 0.511 e. The quantitative estimate of drug-likeness (QED) is 0.337. The molecule has 0 aromatic rings. The normalized spacial score (nSPS) is 22.1. The Kier molecular flexibility index (Phi) is 9.19. The number of aliphatic imine (C=N–C) groups is 3. The second-order valence-corrected chi connectivity index (χ2v) is 11.8. The van der Waals surface area contributed by atoms with Gasteiger partial charge in [0.1, 0.15) is 5.76 Å². The summed E-state index contributed by atoms with van der Waals surface area (Å²) in [4.78, 5) is 26.0. The molecular formula is C35H45N5O2. The number of hydrogen-bond acceptors (Lipinski definition) is 6. The molecule has 5 aliphatic heterocycles. The van der Waals surface area contributed by atoms with Crippen molar-refractivity contribution in [1.29, 1.82) is 0 Å². The fourth-order valence-electron chi connectivity index (χ4n) is 5.71. The molecule has 6 rings (SSSR count). The lowest BCUT2D eigenvalue weighted by Crippen LogP contribution is -2.11. The SMILES string of the molecule is CCC.CCC1=C(C)C2=NC1=CC1=C(C)C3=C(O)CC(=C4CC(C)C(=CC5=NC(=C2)C(C)=C5C)N4)C3=N1.CN(C)C=O. The van der Waals surface area contributed by atoms with Gasteiger partial charge < -0.3 is 15.3 Å². The molecule has 0 aromatic heterocycles. The van der Waals surface area contributed by atoms with Gasteiger partial charge in [-0.05, 0) is 86.6 Å². The van der Waals surface area contributed by atoms with Gasteiger partial charge in [-0.25, -0.2) is 15.0 Å². The van der Waals surface area contributed by atoms with Gasteiger partial charge in [0.2, 0.25) is 6.41 Å². The standard InChI is InChI=1S/C29H30N4O.C3H7NO.C3H8/c1-7-18-16(5)23-11-22-15(4)14(3)21(31-22)10-20-13(2)8-25(30-20)19-9-27(34)28-17(6)24(33-29(19)28)12-26(18)32-23;1-4(2)3-5;1-3-2/h10-13,30,34H,7-9H2,1-6H3;3H,1-2H3;3H2,1-2H3. The number of rotatable bonds is 2. The van der Waals surface area contributed by atoms with Crippen molar-refractivity contribution < 1.29 is 9.90 Å². The highest BCUT2D eigenvalue weighted by atomic mass is 16.3. The highest BCUT2D eigenvalue weighted by Gasteiger charge is 2.37. The third kappa shape index (κ3) is 5.69. The van der Waals surface area contributed by atoms with Crippen LogP contribution in [0.3, 0.4) is 0 Å². The number of nitrogens with zero attached hydrogens (tertiary/aromatic N) is 4. The number of allylic oxidation sites excluding steroid dienone is 12. The van der Waals surface area contributed by atoms with Gasteiger partial charge >= 0.3 is 0 Å². The molecule has 0 spiro atoms. The average Bonchev–Trinajstić information content (AvgIpc) is 3.70. The summed E-state index contributed by atoms with van der Waals surface area (Å²) in [6.45, 7) is 17.2. The van der Waals surface area contributed by atoms with E-state index < -0.39 is 0 Å². The van der Waals surface area contributed by atoms with E-state index in [0.29, 0.717) is 18.1 Å². The van der Waals surface area contributed by atoms with Crippen molar-refractivity contribution in [3.05, 3.63) is 91.5 Å². The number of nitrogens with one attached hydrogen (secondary N) is 1. The molecule has 0 aromatic carbocycles. The minimum absolute atomic E-state index is 0.350. The highest BCUT2D eigenvalue weighted by molar-refractivity contribution is 6.21. The Bertz CT molecular complexity index is 1560. The number of amides is 1. The highest BCUT2D eigenvalue weighted by Crippen LogP contribution is 2.43. The molecule has 7 heteroatoms. The van der Waals surface area contributed by atoms with Crippen LogP contribution in [0.4, 0.5) is 0 Å². The topological polar surface area (TPSA) is 89.7 Å². The van der Waals surface area contributed by atoms with Gasteiger partial charge in [-0.3, -0.25) is 4.79 Å². The minimum atomic E-state index is 0.350. The summed E-state index contributed by atoms with van der Waals surface area (Å²) in [5.74, 6) is 0.767. The Hall–Kier alpha value is -4.00. The molecule has 42 heavy (non-hydrogen) atoms. The van der Waals surface area contributed by atoms with Crippen LogP contribution in [-0.2, 0) is 4.79 Å². The summed E-state index contributed by atoms with van der Waals surface area (Å²) in [5.41, 5.74) is 15.9. The second-order valence-electron chi connectivity index (χ2n) is 11.8. The smallest absolute Gasteiger partial charge is 0.209 e. The fraction of sp³-hybridized carbons (Fsp3) is 0.429. The average molecular weight is 568 g/mol. The number of hydrogen-bond donors (Lipinski definition) is 2. The van der Waals surface area contributed by atoms with Crippen molar-refractivity contribution in [3.63, 3.8) is 0 Å². The lowest BCUT2D eigenvalue weighted by Gasteiger charge is -2.07. The summed E-state index contributed by atoms with van der Waals surface area (Å²) in [7, 11) is 3.38. The van der Waals surface area contributed by atoms with E-state index in [1.54, 1.807) is 14.1 Å². The van der Waals surface area contributed by atoms with Crippen LogP contribution in [0.1, 0.15) is 81.1 Å². The van der Waals surface area contributed by atoms with Gasteiger partial charge in [-0.1, -0.05) is 34.1 Å². The molecule has 8 bridgehead atoms. The van der Waals surface area contributed by atoms with Crippen LogP contribution < -0.4 is 5.32 Å². The molecule has 1 unspecified atom stereocenters. The molecule has 1 aliphatic carbocycles. The molecule has 1 fully saturated rings. The van der Waals surface area contributed by atoms with Gasteiger partial charge in [-0.2, -0.15) is 0 Å². The van der Waals surface area contributed by atoms with E-state index in [4.69, 9.17) is 15.0 Å². The Balaban J connectivity index is 0.000000453. The van der Waals surface area contributed by atoms with E-state index in [9.17, 15) is 9.90 Å². The summed E-state index contributed by atoms with van der Waals surface area (Å²) in [6, 6.07) is 0. The summed E-state index contributed by atoms with van der Waals surface area (Å²) in [5, 5.41) is 14.6. The molecular weight excluding hydrogens is 522 g/mol. The Morgan fingerprint density at radius 1 is 0.929 bits per heavy atom. The first kappa shape index (κ1) is 30.9. The van der Waals surface area contributed by atoms with Crippen molar-refractivity contribution >= 4 is 23.5 Å². The van der Waals surface area contributed by atoms with Crippen molar-refractivity contribution in [1.82, 2.24) is 10.2 Å². The van der Waals surface area contributed by atoms with E-state index in [0.717, 1.165) is 75.9 Å². The van der Waals surface area contributed by atoms with Crippen molar-refractivity contribution in [2.75, 3.05) is 14.1 Å². The van der Waals surface area contributed by atoms with Crippen molar-refractivity contribution in [2.24, 2.45) is 20.9 Å². The minimum Gasteiger partial charge on any atom is -0.511 e. The van der Waals surface area contributed by atoms with Crippen LogP contribution >= 0.6 is 0 Å². The molecule has 7 nitrogen and oxygen atoms in total. The summed E-state index contributed by atoms with van der Waals surface area (Å²) < 4.78 is 0. The maximum absolute atomic E-state index is 10.9. The van der Waals surface area contributed by atoms with Crippen molar-refractivity contribution in [3.8, 4) is 0 Å². The lowest BCUT2D eigenvalue weighted by molar-refractivity contribution is -0.115. The number of aliphatic hydroxyl groups excluding tert-OH is 1. The molecule has 0 saturated carbocycles. The zero-order chi connectivity index (χ0) is 30.9. The lowest BCUT2D eigenvalue weighted by atomic mass is 9.99. The van der Waals surface area contributed by atoms with Crippen LogP contribution in [-0.4, -0.2) is 47.6 Å². The molecule has 2 N–H and O–H groups in total. The van der Waals surface area contributed by atoms with Crippen LogP contribution in [0.25, 0.3) is 0 Å². The zero-order valence-electron chi connectivity index (χ0n) is 26.9. The molecule has 1 saturated heterocycles. The zero-order valence-corrected chi connectivity index (χ0v) is 26.9. The number of carbonyl (C=O) groups excluding carboxylic acids is 1. The van der Waals surface area contributed by atoms with Crippen LogP contribution in [0.2, 0.25) is 0 Å². The fourth-order valence-corrected chi connectivity index (χ4v) is 5.71. The Morgan fingerprint density at radius 2 is 1.55 bits per heavy atom. The molecule has 222 valence electrons. The van der Waals surface area contributed by atoms with E-state index in [1.165, 1.54) is 39.3 Å². The predicted octanol–water partition coefficient (Wildman–Crippen LogP) is 7.57. The van der Waals surface area contributed by atoms with Crippen LogP contribution in [0.15, 0.2) is 106 Å². The van der Waals surface area contributed by atoms with Gasteiger partial charge in [0.25, 0.3) is 0 Å². The first-order valence-electron chi connectivity index (χ1n) is 15.0. The molecule has 0 radical (unpaired) electrons. The summed E-state index contributed by atoms with van der Waals surface area (Å²) >= 11 is 0. The van der Waals surface area contributed by atoms with E-state index in [1.807, 2.05) is 0 Å². The maximum Gasteiger partial charge on any atom is 0.209 e. The number of aliphatic hydroxyl groups is 1. The maximum atomic E-state index is 10.9. The number of carbonyl (C=O) groups is 1. The van der Waals surface area contributed by atoms with E-state index >= 15 is 0 Å². The van der Waals surface area contributed by atoms with Gasteiger partial charge in [0.15, 0.2) is 0 Å². The van der Waals surface area contributed by atoms with E-state index in [2.05, 4.69) is 78.9 Å². The molecule has 1 atom stereocenters. The predicted molar refractivity (Wildman–Crippen MR) is 175 cm³/mol. The van der Waals surface area contributed by atoms with Crippen molar-refractivity contribution in [2.45, 2.75) is 81.1 Å². The van der Waals surface area contributed by atoms with Gasteiger partial charge in [0, 0.05) is 49.0 Å². The third-order valence-electron chi connectivity index (χ3n) is 8.21.